The van der Waals surface area contributed by atoms with Gasteiger partial charge < -0.3 is 26.4 Å². The first-order valence-corrected chi connectivity index (χ1v) is 9.89. The lowest BCUT2D eigenvalue weighted by Crippen LogP contribution is -2.58. The Balaban J connectivity index is 1.52. The van der Waals surface area contributed by atoms with Crippen LogP contribution in [0.5, 0.6) is 0 Å². The highest BCUT2D eigenvalue weighted by molar-refractivity contribution is 5.84. The molecule has 0 aliphatic carbocycles. The quantitative estimate of drug-likeness (QED) is 0.560. The van der Waals surface area contributed by atoms with Gasteiger partial charge in [0, 0.05) is 25.2 Å². The third-order valence-corrected chi connectivity index (χ3v) is 5.18. The fourth-order valence-corrected chi connectivity index (χ4v) is 3.62. The van der Waals surface area contributed by atoms with Gasteiger partial charge in [-0.3, -0.25) is 4.79 Å². The normalized spacial score (nSPS) is 18.9. The lowest BCUT2D eigenvalue weighted by molar-refractivity contribution is -0.167. The van der Waals surface area contributed by atoms with Crippen molar-refractivity contribution in [3.63, 3.8) is 0 Å². The molecule has 0 spiro atoms. The number of nitrogens with two attached hydrogens (primary N) is 1. The summed E-state index contributed by atoms with van der Waals surface area (Å²) in [6, 6.07) is 16.4. The van der Waals surface area contributed by atoms with E-state index < -0.39 is 11.8 Å². The molecular formula is C22H28N4O3. The van der Waals surface area contributed by atoms with Crippen molar-refractivity contribution in [3.05, 3.63) is 65.7 Å². The maximum atomic E-state index is 12.7. The van der Waals surface area contributed by atoms with Crippen molar-refractivity contribution in [3.8, 4) is 0 Å². The Morgan fingerprint density at radius 1 is 1.00 bits per heavy atom. The largest absolute Gasteiger partial charge is 0.399 e. The van der Waals surface area contributed by atoms with Gasteiger partial charge >= 0.3 is 6.03 Å². The molecule has 7 nitrogen and oxygen atoms in total. The van der Waals surface area contributed by atoms with Crippen LogP contribution < -0.4 is 16.4 Å². The number of benzene rings is 2. The minimum Gasteiger partial charge on any atom is -0.399 e. The summed E-state index contributed by atoms with van der Waals surface area (Å²) in [5.74, 6) is -0.286. The number of hydrogen-bond donors (Lipinski definition) is 4. The van der Waals surface area contributed by atoms with Crippen LogP contribution in [-0.2, 0) is 17.8 Å². The topological polar surface area (TPSA) is 108 Å². The molecule has 1 fully saturated rings. The van der Waals surface area contributed by atoms with Crippen LogP contribution in [0.1, 0.15) is 30.4 Å². The molecule has 0 radical (unpaired) electrons. The number of amides is 3. The lowest BCUT2D eigenvalue weighted by Gasteiger charge is -2.43. The Hall–Kier alpha value is -3.06. The summed E-state index contributed by atoms with van der Waals surface area (Å²) in [6.45, 7) is 0.656. The molecule has 3 amide bonds. The minimum absolute atomic E-state index is 0.162. The molecule has 5 N–H and O–H groups in total. The Bertz CT molecular complexity index is 826. The summed E-state index contributed by atoms with van der Waals surface area (Å²) in [6.07, 6.45) is 2.61. The molecular weight excluding hydrogens is 368 g/mol. The number of carbonyl (C=O) groups is 2. The van der Waals surface area contributed by atoms with Crippen molar-refractivity contribution in [1.82, 2.24) is 15.5 Å². The number of hydrogen-bond acceptors (Lipinski definition) is 4. The summed E-state index contributed by atoms with van der Waals surface area (Å²) in [7, 11) is 0. The monoisotopic (exact) mass is 396 g/mol. The lowest BCUT2D eigenvalue weighted by atomic mass is 9.91. The van der Waals surface area contributed by atoms with Crippen molar-refractivity contribution in [1.29, 1.82) is 0 Å². The van der Waals surface area contributed by atoms with Gasteiger partial charge in [0.15, 0.2) is 0 Å². The maximum absolute atomic E-state index is 12.7. The number of anilines is 1. The second kappa shape index (κ2) is 9.43. The predicted molar refractivity (Wildman–Crippen MR) is 112 cm³/mol. The Labute approximate surface area is 170 Å². The predicted octanol–water partition coefficient (Wildman–Crippen LogP) is 2.01. The first-order chi connectivity index (χ1) is 14.0. The summed E-state index contributed by atoms with van der Waals surface area (Å²) in [5.41, 5.74) is 6.97. The number of nitrogens with zero attached hydrogens (tertiary/aromatic N) is 1. The van der Waals surface area contributed by atoms with E-state index in [4.69, 9.17) is 5.73 Å². The van der Waals surface area contributed by atoms with E-state index in [1.165, 1.54) is 4.90 Å². The van der Waals surface area contributed by atoms with Gasteiger partial charge in [0.1, 0.15) is 5.72 Å². The number of likely N-dealkylation sites (tertiary alicyclic amines) is 1. The number of nitrogens with one attached hydrogen (secondary N) is 2. The van der Waals surface area contributed by atoms with Gasteiger partial charge in [-0.2, -0.15) is 0 Å². The molecule has 2 aromatic carbocycles. The van der Waals surface area contributed by atoms with Crippen molar-refractivity contribution < 1.29 is 14.7 Å². The van der Waals surface area contributed by atoms with Crippen LogP contribution in [0.15, 0.2) is 54.6 Å². The van der Waals surface area contributed by atoms with E-state index in [9.17, 15) is 14.7 Å². The van der Waals surface area contributed by atoms with Gasteiger partial charge in [0.2, 0.25) is 5.91 Å². The standard InChI is InChI=1S/C22H28N4O3/c23-19-10-8-18(9-11-19)15-24-21(28)25-16-20(27)26-13-5-4-12-22(26,29)14-17-6-2-1-3-7-17/h1-3,6-11,29H,4-5,12-16,23H2,(H2,24,25,28). The first-order valence-electron chi connectivity index (χ1n) is 9.89. The Kier molecular flexibility index (Phi) is 6.72. The molecule has 1 unspecified atom stereocenters. The molecule has 1 heterocycles. The SMILES string of the molecule is Nc1ccc(CNC(=O)NCC(=O)N2CCCCC2(O)Cc2ccccc2)cc1. The molecule has 0 saturated carbocycles. The van der Waals surface area contributed by atoms with E-state index in [2.05, 4.69) is 10.6 Å². The summed E-state index contributed by atoms with van der Waals surface area (Å²) >= 11 is 0. The van der Waals surface area contributed by atoms with E-state index in [1.54, 1.807) is 12.1 Å². The molecule has 1 atom stereocenters. The van der Waals surface area contributed by atoms with Crippen molar-refractivity contribution in [2.45, 2.75) is 38.0 Å². The molecule has 1 aliphatic heterocycles. The van der Waals surface area contributed by atoms with Crippen LogP contribution in [0.4, 0.5) is 10.5 Å². The van der Waals surface area contributed by atoms with Gasteiger partial charge in [0.25, 0.3) is 0 Å². The highest BCUT2D eigenvalue weighted by Gasteiger charge is 2.39. The van der Waals surface area contributed by atoms with Gasteiger partial charge in [-0.15, -0.1) is 0 Å². The minimum atomic E-state index is -1.22. The molecule has 0 bridgehead atoms. The zero-order valence-corrected chi connectivity index (χ0v) is 16.4. The average molecular weight is 396 g/mol. The summed E-state index contributed by atoms with van der Waals surface area (Å²) in [4.78, 5) is 26.3. The zero-order valence-electron chi connectivity index (χ0n) is 16.4. The van der Waals surface area contributed by atoms with Gasteiger partial charge in [-0.1, -0.05) is 42.5 Å². The molecule has 7 heteroatoms. The molecule has 29 heavy (non-hydrogen) atoms. The highest BCUT2D eigenvalue weighted by Crippen LogP contribution is 2.29. The number of nitrogen functional groups attached to an aromatic ring is 1. The number of carbonyl (C=O) groups excluding carboxylic acids is 2. The second-order valence-electron chi connectivity index (χ2n) is 7.43. The Morgan fingerprint density at radius 2 is 1.72 bits per heavy atom. The van der Waals surface area contributed by atoms with Crippen molar-refractivity contribution in [2.24, 2.45) is 0 Å². The molecule has 1 saturated heterocycles. The fourth-order valence-electron chi connectivity index (χ4n) is 3.62. The van der Waals surface area contributed by atoms with E-state index in [0.717, 1.165) is 24.0 Å². The summed E-state index contributed by atoms with van der Waals surface area (Å²) in [5, 5.41) is 16.5. The van der Waals surface area contributed by atoms with E-state index in [0.29, 0.717) is 31.6 Å². The molecule has 1 aliphatic rings. The number of aliphatic hydroxyl groups is 1. The maximum Gasteiger partial charge on any atom is 0.315 e. The van der Waals surface area contributed by atoms with Crippen LogP contribution in [0.3, 0.4) is 0 Å². The first kappa shape index (κ1) is 20.7. The fraction of sp³-hybridized carbons (Fsp3) is 0.364. The van der Waals surface area contributed by atoms with E-state index in [1.807, 2.05) is 42.5 Å². The molecule has 3 rings (SSSR count). The van der Waals surface area contributed by atoms with Crippen LogP contribution >= 0.6 is 0 Å². The molecule has 2 aromatic rings. The second-order valence-corrected chi connectivity index (χ2v) is 7.43. The van der Waals surface area contributed by atoms with E-state index >= 15 is 0 Å². The number of piperidine rings is 1. The number of rotatable bonds is 6. The molecule has 154 valence electrons. The van der Waals surface area contributed by atoms with Gasteiger partial charge in [-0.25, -0.2) is 4.79 Å². The van der Waals surface area contributed by atoms with Crippen LogP contribution in [0, 0.1) is 0 Å². The van der Waals surface area contributed by atoms with Crippen LogP contribution in [0.25, 0.3) is 0 Å². The summed E-state index contributed by atoms with van der Waals surface area (Å²) < 4.78 is 0. The molecule has 0 aromatic heterocycles. The van der Waals surface area contributed by atoms with Crippen molar-refractivity contribution in [2.75, 3.05) is 18.8 Å². The van der Waals surface area contributed by atoms with Crippen LogP contribution in [-0.4, -0.2) is 40.8 Å². The smallest absolute Gasteiger partial charge is 0.315 e. The highest BCUT2D eigenvalue weighted by atomic mass is 16.3. The van der Waals surface area contributed by atoms with Crippen LogP contribution in [0.2, 0.25) is 0 Å². The van der Waals surface area contributed by atoms with Crippen molar-refractivity contribution >= 4 is 17.6 Å². The third-order valence-electron chi connectivity index (χ3n) is 5.18. The van der Waals surface area contributed by atoms with Gasteiger partial charge in [0.05, 0.1) is 6.54 Å². The number of urea groups is 1. The van der Waals surface area contributed by atoms with E-state index in [-0.39, 0.29) is 12.5 Å². The third kappa shape index (κ3) is 5.71. The van der Waals surface area contributed by atoms with Gasteiger partial charge in [-0.05, 0) is 42.5 Å². The Morgan fingerprint density at radius 3 is 2.45 bits per heavy atom. The zero-order chi connectivity index (χ0) is 20.7. The average Bonchev–Trinajstić information content (AvgIpc) is 2.72.